The molecule has 3 atom stereocenters. The van der Waals surface area contributed by atoms with Gasteiger partial charge in [-0.25, -0.2) is 9.59 Å². The number of aliphatic hydroxyl groups is 1. The Labute approximate surface area is 94.0 Å². The van der Waals surface area contributed by atoms with Gasteiger partial charge in [0, 0.05) is 19.0 Å². The van der Waals surface area contributed by atoms with E-state index >= 15 is 0 Å². The molecule has 0 aromatic heterocycles. The quantitative estimate of drug-likeness (QED) is 0.513. The number of carboxylic acids is 1. The van der Waals surface area contributed by atoms with E-state index in [1.807, 2.05) is 0 Å². The summed E-state index contributed by atoms with van der Waals surface area (Å²) in [5.41, 5.74) is 0. The van der Waals surface area contributed by atoms with Gasteiger partial charge in [-0.3, -0.25) is 0 Å². The molecule has 1 aliphatic rings. The Bertz CT molecular complexity index is 270. The minimum Gasteiger partial charge on any atom is -0.479 e. The molecule has 4 N–H and O–H groups in total. The fourth-order valence-corrected chi connectivity index (χ4v) is 1.54. The Balaban J connectivity index is 2.05. The molecule has 0 bridgehead atoms. The van der Waals surface area contributed by atoms with E-state index in [2.05, 4.69) is 17.6 Å². The van der Waals surface area contributed by atoms with E-state index < -0.39 is 12.1 Å². The van der Waals surface area contributed by atoms with E-state index in [4.69, 9.17) is 10.2 Å². The molecule has 6 heteroatoms. The molecule has 16 heavy (non-hydrogen) atoms. The highest BCUT2D eigenvalue weighted by molar-refractivity contribution is 5.75. The van der Waals surface area contributed by atoms with Crippen LogP contribution in [-0.4, -0.2) is 40.9 Å². The van der Waals surface area contributed by atoms with Gasteiger partial charge in [0.2, 0.25) is 0 Å². The zero-order chi connectivity index (χ0) is 12.1. The van der Waals surface area contributed by atoms with Crippen molar-refractivity contribution in [2.24, 2.45) is 5.92 Å². The molecule has 92 valence electrons. The summed E-state index contributed by atoms with van der Waals surface area (Å²) in [7, 11) is 0. The largest absolute Gasteiger partial charge is 0.479 e. The fraction of sp³-hybridized carbons (Fsp3) is 0.800. The molecule has 6 nitrogen and oxygen atoms in total. The summed E-state index contributed by atoms with van der Waals surface area (Å²) in [6.45, 7) is 2.23. The monoisotopic (exact) mass is 230 g/mol. The zero-order valence-corrected chi connectivity index (χ0v) is 9.27. The van der Waals surface area contributed by atoms with Gasteiger partial charge < -0.3 is 20.8 Å². The van der Waals surface area contributed by atoms with Crippen molar-refractivity contribution in [1.29, 1.82) is 0 Å². The molecular weight excluding hydrogens is 212 g/mol. The van der Waals surface area contributed by atoms with Crippen LogP contribution in [0.15, 0.2) is 0 Å². The average molecular weight is 230 g/mol. The van der Waals surface area contributed by atoms with Crippen LogP contribution in [0, 0.1) is 5.92 Å². The lowest BCUT2D eigenvalue weighted by Crippen LogP contribution is -2.39. The Morgan fingerprint density at radius 3 is 2.69 bits per heavy atom. The number of nitrogens with one attached hydrogen (secondary N) is 2. The predicted molar refractivity (Wildman–Crippen MR) is 57.0 cm³/mol. The smallest absolute Gasteiger partial charge is 0.332 e. The molecule has 0 aromatic carbocycles. The Kier molecular flexibility index (Phi) is 4.54. The van der Waals surface area contributed by atoms with Crippen molar-refractivity contribution in [3.63, 3.8) is 0 Å². The van der Waals surface area contributed by atoms with Gasteiger partial charge in [-0.15, -0.1) is 0 Å². The summed E-state index contributed by atoms with van der Waals surface area (Å²) >= 11 is 0. The van der Waals surface area contributed by atoms with E-state index in [-0.39, 0.29) is 25.0 Å². The molecule has 1 fully saturated rings. The number of hydrogen-bond acceptors (Lipinski definition) is 3. The molecule has 0 aromatic rings. The highest BCUT2D eigenvalue weighted by Crippen LogP contribution is 2.32. The first-order valence-corrected chi connectivity index (χ1v) is 5.49. The summed E-state index contributed by atoms with van der Waals surface area (Å²) in [6.07, 6.45) is 0.680. The number of amides is 2. The van der Waals surface area contributed by atoms with Crippen LogP contribution in [-0.2, 0) is 4.79 Å². The highest BCUT2D eigenvalue weighted by atomic mass is 16.4. The molecular formula is C10H18N2O4. The first-order chi connectivity index (χ1) is 7.54. The predicted octanol–water partition coefficient (Wildman–Crippen LogP) is -0.0803. The van der Waals surface area contributed by atoms with Crippen LogP contribution in [0.2, 0.25) is 0 Å². The number of carbonyl (C=O) groups is 2. The van der Waals surface area contributed by atoms with Crippen LogP contribution in [0.4, 0.5) is 4.79 Å². The number of rotatable bonds is 6. The van der Waals surface area contributed by atoms with Crippen LogP contribution in [0.3, 0.4) is 0 Å². The SMILES string of the molecule is CCC1CC1NC(=O)NCCC(O)C(=O)O. The first-order valence-electron chi connectivity index (χ1n) is 5.49. The molecule has 1 aliphatic carbocycles. The van der Waals surface area contributed by atoms with Gasteiger partial charge in [0.25, 0.3) is 0 Å². The summed E-state index contributed by atoms with van der Waals surface area (Å²) in [4.78, 5) is 21.5. The van der Waals surface area contributed by atoms with Gasteiger partial charge in [-0.05, 0) is 12.3 Å². The number of aliphatic hydroxyl groups excluding tert-OH is 1. The molecule has 0 radical (unpaired) electrons. The maximum Gasteiger partial charge on any atom is 0.332 e. The van der Waals surface area contributed by atoms with Crippen molar-refractivity contribution < 1.29 is 19.8 Å². The topological polar surface area (TPSA) is 98.7 Å². The van der Waals surface area contributed by atoms with Gasteiger partial charge in [0.1, 0.15) is 0 Å². The van der Waals surface area contributed by atoms with Crippen molar-refractivity contribution in [2.45, 2.75) is 38.3 Å². The molecule has 0 saturated heterocycles. The normalized spacial score (nSPS) is 24.6. The van der Waals surface area contributed by atoms with E-state index in [9.17, 15) is 9.59 Å². The van der Waals surface area contributed by atoms with E-state index in [0.717, 1.165) is 12.8 Å². The lowest BCUT2D eigenvalue weighted by atomic mass is 10.2. The second-order valence-electron chi connectivity index (χ2n) is 4.05. The van der Waals surface area contributed by atoms with Crippen LogP contribution < -0.4 is 10.6 Å². The third-order valence-corrected chi connectivity index (χ3v) is 2.75. The van der Waals surface area contributed by atoms with Gasteiger partial charge in [-0.2, -0.15) is 0 Å². The van der Waals surface area contributed by atoms with Crippen LogP contribution in [0.5, 0.6) is 0 Å². The first kappa shape index (κ1) is 12.8. The number of hydrogen-bond donors (Lipinski definition) is 4. The van der Waals surface area contributed by atoms with Gasteiger partial charge in [0.05, 0.1) is 0 Å². The molecule has 1 saturated carbocycles. The molecule has 1 rings (SSSR count). The van der Waals surface area contributed by atoms with Crippen molar-refractivity contribution in [1.82, 2.24) is 10.6 Å². The Morgan fingerprint density at radius 2 is 2.19 bits per heavy atom. The fourth-order valence-electron chi connectivity index (χ4n) is 1.54. The number of carboxylic acid groups (broad SMARTS) is 1. The summed E-state index contributed by atoms with van der Waals surface area (Å²) < 4.78 is 0. The minimum atomic E-state index is -1.41. The Hall–Kier alpha value is -1.30. The zero-order valence-electron chi connectivity index (χ0n) is 9.27. The van der Waals surface area contributed by atoms with Gasteiger partial charge in [-0.1, -0.05) is 13.3 Å². The molecule has 0 spiro atoms. The van der Waals surface area contributed by atoms with Crippen LogP contribution >= 0.6 is 0 Å². The lowest BCUT2D eigenvalue weighted by molar-refractivity contribution is -0.146. The van der Waals surface area contributed by atoms with Crippen LogP contribution in [0.25, 0.3) is 0 Å². The number of urea groups is 1. The van der Waals surface area contributed by atoms with Crippen molar-refractivity contribution in [3.05, 3.63) is 0 Å². The third kappa shape index (κ3) is 4.06. The van der Waals surface area contributed by atoms with E-state index in [0.29, 0.717) is 5.92 Å². The second kappa shape index (κ2) is 5.69. The van der Waals surface area contributed by atoms with Gasteiger partial charge in [0.15, 0.2) is 6.10 Å². The van der Waals surface area contributed by atoms with Crippen molar-refractivity contribution in [2.75, 3.05) is 6.54 Å². The molecule has 0 heterocycles. The molecule has 3 unspecified atom stereocenters. The average Bonchev–Trinajstić information content (AvgIpc) is 2.96. The summed E-state index contributed by atoms with van der Waals surface area (Å²) in [5, 5.41) is 22.6. The number of aliphatic carboxylic acids is 1. The lowest BCUT2D eigenvalue weighted by Gasteiger charge is -2.08. The third-order valence-electron chi connectivity index (χ3n) is 2.75. The van der Waals surface area contributed by atoms with Crippen molar-refractivity contribution in [3.8, 4) is 0 Å². The Morgan fingerprint density at radius 1 is 1.50 bits per heavy atom. The summed E-state index contributed by atoms with van der Waals surface area (Å²) in [6, 6.07) is -0.0343. The second-order valence-corrected chi connectivity index (χ2v) is 4.05. The summed E-state index contributed by atoms with van der Waals surface area (Å²) in [5.74, 6) is -0.689. The number of carbonyl (C=O) groups excluding carboxylic acids is 1. The minimum absolute atomic E-state index is 0.0185. The van der Waals surface area contributed by atoms with Crippen molar-refractivity contribution >= 4 is 12.0 Å². The molecule has 0 aliphatic heterocycles. The standard InChI is InChI=1S/C10H18N2O4/c1-2-6-5-7(6)12-10(16)11-4-3-8(13)9(14)15/h6-8,13H,2-5H2,1H3,(H,14,15)(H2,11,12,16). The maximum absolute atomic E-state index is 11.3. The maximum atomic E-state index is 11.3. The highest BCUT2D eigenvalue weighted by Gasteiger charge is 2.36. The van der Waals surface area contributed by atoms with Crippen LogP contribution in [0.1, 0.15) is 26.2 Å². The van der Waals surface area contributed by atoms with Gasteiger partial charge >= 0.3 is 12.0 Å². The van der Waals surface area contributed by atoms with E-state index in [1.165, 1.54) is 0 Å². The molecule has 2 amide bonds. The van der Waals surface area contributed by atoms with E-state index in [1.54, 1.807) is 0 Å².